The Hall–Kier alpha value is -3.90. The summed E-state index contributed by atoms with van der Waals surface area (Å²) in [5.74, 6) is 0.826. The highest BCUT2D eigenvalue weighted by Gasteiger charge is 2.37. The SMILES string of the molecule is CCc1nc(C)nc(N2CCCN(C(=O)Nc3cc(C(F)(F)F)cc(C(F)(F)F)c3)CC2)c1Cc1cccc(F)c1. The van der Waals surface area contributed by atoms with Gasteiger partial charge >= 0.3 is 18.4 Å². The zero-order valence-electron chi connectivity index (χ0n) is 22.3. The summed E-state index contributed by atoms with van der Waals surface area (Å²) in [6, 6.07) is 6.37. The van der Waals surface area contributed by atoms with Crippen LogP contribution >= 0.6 is 0 Å². The maximum atomic E-state index is 13.9. The lowest BCUT2D eigenvalue weighted by molar-refractivity contribution is -0.143. The Morgan fingerprint density at radius 1 is 0.927 bits per heavy atom. The Balaban J connectivity index is 1.55. The molecule has 4 rings (SSSR count). The maximum Gasteiger partial charge on any atom is 0.416 e. The van der Waals surface area contributed by atoms with Crippen molar-refractivity contribution in [2.75, 3.05) is 36.4 Å². The first-order chi connectivity index (χ1) is 19.2. The number of anilines is 2. The van der Waals surface area contributed by atoms with Gasteiger partial charge in [-0.1, -0.05) is 19.1 Å². The van der Waals surface area contributed by atoms with Gasteiger partial charge in [0.25, 0.3) is 0 Å². The first kappa shape index (κ1) is 30.1. The van der Waals surface area contributed by atoms with Crippen molar-refractivity contribution in [3.63, 3.8) is 0 Å². The fraction of sp³-hybridized carbons (Fsp3) is 0.393. The van der Waals surface area contributed by atoms with E-state index >= 15 is 0 Å². The molecule has 2 amide bonds. The summed E-state index contributed by atoms with van der Waals surface area (Å²) >= 11 is 0. The van der Waals surface area contributed by atoms with Crippen LogP contribution in [0.5, 0.6) is 0 Å². The summed E-state index contributed by atoms with van der Waals surface area (Å²) in [7, 11) is 0. The number of hydrogen-bond acceptors (Lipinski definition) is 4. The van der Waals surface area contributed by atoms with Crippen LogP contribution in [0.1, 0.15) is 47.1 Å². The molecule has 0 spiro atoms. The number of nitrogens with zero attached hydrogens (tertiary/aromatic N) is 4. The van der Waals surface area contributed by atoms with Crippen LogP contribution in [0.3, 0.4) is 0 Å². The van der Waals surface area contributed by atoms with Crippen molar-refractivity contribution >= 4 is 17.5 Å². The quantitative estimate of drug-likeness (QED) is 0.334. The fourth-order valence-corrected chi connectivity index (χ4v) is 4.79. The van der Waals surface area contributed by atoms with E-state index in [4.69, 9.17) is 0 Å². The monoisotopic (exact) mass is 583 g/mol. The number of carbonyl (C=O) groups excluding carboxylic acids is 1. The molecule has 0 radical (unpaired) electrons. The molecule has 0 aliphatic carbocycles. The van der Waals surface area contributed by atoms with Crippen LogP contribution in [-0.4, -0.2) is 47.1 Å². The van der Waals surface area contributed by atoms with Gasteiger partial charge in [0.05, 0.1) is 11.1 Å². The molecule has 0 bridgehead atoms. The molecule has 41 heavy (non-hydrogen) atoms. The van der Waals surface area contributed by atoms with E-state index in [0.29, 0.717) is 56.1 Å². The number of benzene rings is 2. The summed E-state index contributed by atoms with van der Waals surface area (Å²) in [5, 5.41) is 2.20. The average Bonchev–Trinajstić information content (AvgIpc) is 3.15. The van der Waals surface area contributed by atoms with Gasteiger partial charge in [0, 0.05) is 49.5 Å². The Labute approximate surface area is 232 Å². The molecule has 220 valence electrons. The van der Waals surface area contributed by atoms with E-state index in [9.17, 15) is 35.5 Å². The third-order valence-corrected chi connectivity index (χ3v) is 6.71. The minimum absolute atomic E-state index is 0.00907. The molecule has 0 atom stereocenters. The first-order valence-electron chi connectivity index (χ1n) is 13.0. The lowest BCUT2D eigenvalue weighted by Gasteiger charge is -2.26. The molecule has 2 aromatic carbocycles. The van der Waals surface area contributed by atoms with Crippen LogP contribution in [0, 0.1) is 12.7 Å². The smallest absolute Gasteiger partial charge is 0.354 e. The average molecular weight is 584 g/mol. The number of carbonyl (C=O) groups is 1. The van der Waals surface area contributed by atoms with Crippen molar-refractivity contribution in [1.82, 2.24) is 14.9 Å². The van der Waals surface area contributed by atoms with E-state index in [1.165, 1.54) is 17.0 Å². The van der Waals surface area contributed by atoms with Crippen LogP contribution in [0.25, 0.3) is 0 Å². The number of nitrogens with one attached hydrogen (secondary N) is 1. The van der Waals surface area contributed by atoms with Crippen molar-refractivity contribution in [3.8, 4) is 0 Å². The Kier molecular flexibility index (Phi) is 8.74. The second-order valence-corrected chi connectivity index (χ2v) is 9.73. The number of amides is 2. The molecule has 3 aromatic rings. The van der Waals surface area contributed by atoms with Gasteiger partial charge in [0.2, 0.25) is 0 Å². The lowest BCUT2D eigenvalue weighted by Crippen LogP contribution is -2.38. The molecule has 2 heterocycles. The molecule has 0 unspecified atom stereocenters. The normalized spacial score (nSPS) is 14.7. The van der Waals surface area contributed by atoms with Crippen molar-refractivity contribution in [3.05, 3.63) is 82.1 Å². The largest absolute Gasteiger partial charge is 0.416 e. The van der Waals surface area contributed by atoms with Crippen LogP contribution < -0.4 is 10.2 Å². The number of aryl methyl sites for hydroxylation is 2. The van der Waals surface area contributed by atoms with E-state index < -0.39 is 35.2 Å². The predicted octanol–water partition coefficient (Wildman–Crippen LogP) is 6.86. The molecule has 1 aliphatic heterocycles. The maximum absolute atomic E-state index is 13.9. The Bertz CT molecular complexity index is 1380. The number of halogens is 7. The van der Waals surface area contributed by atoms with Gasteiger partial charge in [-0.25, -0.2) is 19.2 Å². The number of aromatic nitrogens is 2. The topological polar surface area (TPSA) is 61.4 Å². The van der Waals surface area contributed by atoms with Gasteiger partial charge in [-0.2, -0.15) is 26.3 Å². The van der Waals surface area contributed by atoms with Gasteiger partial charge in [0.15, 0.2) is 0 Å². The number of urea groups is 1. The van der Waals surface area contributed by atoms with Crippen LogP contribution in [0.2, 0.25) is 0 Å². The van der Waals surface area contributed by atoms with E-state index in [-0.39, 0.29) is 25.0 Å². The number of alkyl halides is 6. The second-order valence-electron chi connectivity index (χ2n) is 9.73. The minimum atomic E-state index is -5.03. The highest BCUT2D eigenvalue weighted by Crippen LogP contribution is 2.37. The second kappa shape index (κ2) is 11.9. The standard InChI is InChI=1S/C28H28F7N5O/c1-3-24-23(13-18-6-4-7-21(29)12-18)25(37-17(2)36-24)39-8-5-9-40(11-10-39)26(41)38-22-15-19(27(30,31)32)14-20(16-22)28(33,34)35/h4,6-7,12,14-16H,3,5,8-11,13H2,1-2H3,(H,38,41). The minimum Gasteiger partial charge on any atom is -0.354 e. The van der Waals surface area contributed by atoms with Gasteiger partial charge in [0.1, 0.15) is 17.5 Å². The molecule has 1 aromatic heterocycles. The molecular formula is C28H28F7N5O. The molecule has 1 aliphatic rings. The van der Waals surface area contributed by atoms with Crippen LogP contribution in [0.4, 0.5) is 47.0 Å². The number of rotatable bonds is 5. The summed E-state index contributed by atoms with van der Waals surface area (Å²) in [5.41, 5.74) is -1.26. The molecular weight excluding hydrogens is 555 g/mol. The fourth-order valence-electron chi connectivity index (χ4n) is 4.79. The van der Waals surface area contributed by atoms with Gasteiger partial charge in [-0.3, -0.25) is 0 Å². The molecule has 0 saturated carbocycles. The summed E-state index contributed by atoms with van der Waals surface area (Å²) in [6.07, 6.45) is -8.59. The Morgan fingerprint density at radius 3 is 2.22 bits per heavy atom. The molecule has 1 saturated heterocycles. The van der Waals surface area contributed by atoms with Gasteiger partial charge < -0.3 is 15.1 Å². The van der Waals surface area contributed by atoms with Crippen molar-refractivity contribution in [1.29, 1.82) is 0 Å². The summed E-state index contributed by atoms with van der Waals surface area (Å²) in [6.45, 7) is 4.86. The van der Waals surface area contributed by atoms with E-state index in [1.807, 2.05) is 11.8 Å². The first-order valence-corrected chi connectivity index (χ1v) is 13.0. The van der Waals surface area contributed by atoms with E-state index in [2.05, 4.69) is 15.3 Å². The summed E-state index contributed by atoms with van der Waals surface area (Å²) < 4.78 is 93.3. The highest BCUT2D eigenvalue weighted by molar-refractivity contribution is 5.89. The van der Waals surface area contributed by atoms with Gasteiger partial charge in [-0.15, -0.1) is 0 Å². The van der Waals surface area contributed by atoms with E-state index in [1.54, 1.807) is 19.1 Å². The lowest BCUT2D eigenvalue weighted by atomic mass is 10.0. The van der Waals surface area contributed by atoms with Crippen molar-refractivity contribution in [2.45, 2.75) is 45.5 Å². The Morgan fingerprint density at radius 2 is 1.61 bits per heavy atom. The zero-order valence-corrected chi connectivity index (χ0v) is 22.3. The predicted molar refractivity (Wildman–Crippen MR) is 139 cm³/mol. The zero-order chi connectivity index (χ0) is 29.9. The van der Waals surface area contributed by atoms with Gasteiger partial charge in [-0.05, 0) is 55.7 Å². The van der Waals surface area contributed by atoms with Crippen LogP contribution in [0.15, 0.2) is 42.5 Å². The van der Waals surface area contributed by atoms with Crippen molar-refractivity contribution in [2.24, 2.45) is 0 Å². The summed E-state index contributed by atoms with van der Waals surface area (Å²) in [4.78, 5) is 25.5. The molecule has 1 fully saturated rings. The van der Waals surface area contributed by atoms with E-state index in [0.717, 1.165) is 16.8 Å². The molecule has 6 nitrogen and oxygen atoms in total. The van der Waals surface area contributed by atoms with Crippen molar-refractivity contribution < 1.29 is 35.5 Å². The molecule has 13 heteroatoms. The van der Waals surface area contributed by atoms with Crippen LogP contribution in [-0.2, 0) is 25.2 Å². The highest BCUT2D eigenvalue weighted by atomic mass is 19.4. The third kappa shape index (κ3) is 7.44. The third-order valence-electron chi connectivity index (χ3n) is 6.71. The number of hydrogen-bond donors (Lipinski definition) is 1. The molecule has 1 N–H and O–H groups in total.